The second-order valence-electron chi connectivity index (χ2n) is 5.36. The predicted molar refractivity (Wildman–Crippen MR) is 101 cm³/mol. The Kier molecular flexibility index (Phi) is 4.33. The van der Waals surface area contributed by atoms with Crippen LogP contribution < -0.4 is 4.90 Å². The van der Waals surface area contributed by atoms with Crippen LogP contribution in [0.5, 0.6) is 0 Å². The van der Waals surface area contributed by atoms with E-state index in [9.17, 15) is 4.79 Å². The summed E-state index contributed by atoms with van der Waals surface area (Å²) in [6, 6.07) is 17.2. The van der Waals surface area contributed by atoms with Gasteiger partial charge in [-0.3, -0.25) is 9.69 Å². The lowest BCUT2D eigenvalue weighted by atomic mass is 10.2. The maximum atomic E-state index is 12.9. The molecule has 0 unspecified atom stereocenters. The van der Waals surface area contributed by atoms with Gasteiger partial charge in [-0.15, -0.1) is 0 Å². The van der Waals surface area contributed by atoms with Crippen LogP contribution in [-0.4, -0.2) is 16.0 Å². The topological polar surface area (TPSA) is 59.2 Å². The Morgan fingerprint density at radius 3 is 2.76 bits per heavy atom. The summed E-state index contributed by atoms with van der Waals surface area (Å²) in [4.78, 5) is 19.1. The number of rotatable bonds is 4. The molecule has 0 aliphatic carbocycles. The lowest BCUT2D eigenvalue weighted by Crippen LogP contribution is -2.30. The first kappa shape index (κ1) is 16.0. The van der Waals surface area contributed by atoms with Crippen molar-refractivity contribution in [2.45, 2.75) is 6.54 Å². The van der Waals surface area contributed by atoms with Crippen LogP contribution in [0.2, 0.25) is 0 Å². The summed E-state index contributed by atoms with van der Waals surface area (Å²) in [5.41, 5.74) is 1.86. The highest BCUT2D eigenvalue weighted by Crippen LogP contribution is 2.32. The number of carbonyl (C=O) groups excluding carboxylic acids is 1. The first-order chi connectivity index (χ1) is 12.2. The monoisotopic (exact) mass is 413 g/mol. The van der Waals surface area contributed by atoms with Crippen molar-refractivity contribution in [1.29, 1.82) is 0 Å². The highest BCUT2D eigenvalue weighted by Gasteiger charge is 2.24. The molecule has 2 heterocycles. The zero-order valence-electron chi connectivity index (χ0n) is 12.9. The molecular weight excluding hydrogens is 402 g/mol. The molecule has 124 valence electrons. The lowest BCUT2D eigenvalue weighted by Gasteiger charge is -2.18. The number of thiazole rings is 1. The van der Waals surface area contributed by atoms with E-state index < -0.39 is 0 Å². The summed E-state index contributed by atoms with van der Waals surface area (Å²) >= 11 is 4.93. The fraction of sp³-hybridized carbons (Fsp3) is 0.0556. The van der Waals surface area contributed by atoms with Crippen molar-refractivity contribution in [2.24, 2.45) is 0 Å². The average molecular weight is 414 g/mol. The van der Waals surface area contributed by atoms with Crippen LogP contribution >= 0.6 is 27.3 Å². The first-order valence-electron chi connectivity index (χ1n) is 7.53. The number of amides is 1. The number of fused-ring (bicyclic) bond motifs is 1. The van der Waals surface area contributed by atoms with E-state index in [0.29, 0.717) is 11.7 Å². The quantitative estimate of drug-likeness (QED) is 0.477. The highest BCUT2D eigenvalue weighted by molar-refractivity contribution is 9.10. The second kappa shape index (κ2) is 6.78. The van der Waals surface area contributed by atoms with Gasteiger partial charge >= 0.3 is 0 Å². The summed E-state index contributed by atoms with van der Waals surface area (Å²) in [5, 5.41) is 4.26. The van der Waals surface area contributed by atoms with Crippen molar-refractivity contribution in [3.8, 4) is 0 Å². The van der Waals surface area contributed by atoms with Crippen LogP contribution in [0, 0.1) is 0 Å². The smallest absolute Gasteiger partial charge is 0.298 e. The molecule has 0 atom stereocenters. The molecule has 0 aliphatic heterocycles. The van der Waals surface area contributed by atoms with Crippen LogP contribution in [0.25, 0.3) is 10.2 Å². The Balaban J connectivity index is 1.76. The molecule has 0 saturated heterocycles. The zero-order chi connectivity index (χ0) is 17.2. The van der Waals surface area contributed by atoms with Gasteiger partial charge in [-0.05, 0) is 23.8 Å². The number of halogens is 1. The minimum absolute atomic E-state index is 0.191. The standard InChI is InChI=1S/C18H12BrN3O2S/c19-13-6-7-14-16(10-13)25-18(21-14)22(11-12-4-2-1-3-5-12)17(23)15-8-9-20-24-15/h1-10H,11H2. The lowest BCUT2D eigenvalue weighted by molar-refractivity contribution is 0.0949. The maximum absolute atomic E-state index is 12.9. The molecule has 0 spiro atoms. The molecule has 0 fully saturated rings. The number of anilines is 1. The molecule has 0 radical (unpaired) electrons. The molecule has 2 aromatic carbocycles. The van der Waals surface area contributed by atoms with E-state index in [1.807, 2.05) is 48.5 Å². The van der Waals surface area contributed by atoms with Crippen LogP contribution in [0.3, 0.4) is 0 Å². The zero-order valence-corrected chi connectivity index (χ0v) is 15.3. The minimum atomic E-state index is -0.264. The third-order valence-electron chi connectivity index (χ3n) is 3.65. The maximum Gasteiger partial charge on any atom is 0.298 e. The molecule has 5 nitrogen and oxygen atoms in total. The van der Waals surface area contributed by atoms with Crippen LogP contribution in [0.4, 0.5) is 5.13 Å². The number of carbonyl (C=O) groups is 1. The molecule has 0 bridgehead atoms. The van der Waals surface area contributed by atoms with E-state index in [4.69, 9.17) is 4.52 Å². The number of aromatic nitrogens is 2. The molecular formula is C18H12BrN3O2S. The van der Waals surface area contributed by atoms with E-state index in [2.05, 4.69) is 26.1 Å². The molecule has 4 rings (SSSR count). The van der Waals surface area contributed by atoms with Gasteiger partial charge in [-0.25, -0.2) is 4.98 Å². The van der Waals surface area contributed by atoms with Crippen LogP contribution in [0.1, 0.15) is 16.1 Å². The van der Waals surface area contributed by atoms with Gasteiger partial charge in [0, 0.05) is 10.5 Å². The van der Waals surface area contributed by atoms with E-state index in [1.165, 1.54) is 17.5 Å². The average Bonchev–Trinajstić information content (AvgIpc) is 3.29. The Morgan fingerprint density at radius 2 is 2.00 bits per heavy atom. The summed E-state index contributed by atoms with van der Waals surface area (Å²) in [6.45, 7) is 0.404. The summed E-state index contributed by atoms with van der Waals surface area (Å²) in [7, 11) is 0. The third-order valence-corrected chi connectivity index (χ3v) is 5.18. The van der Waals surface area contributed by atoms with Crippen LogP contribution in [0.15, 0.2) is 69.8 Å². The van der Waals surface area contributed by atoms with Gasteiger partial charge in [-0.1, -0.05) is 62.8 Å². The molecule has 1 amide bonds. The Hall–Kier alpha value is -2.51. The molecule has 2 aromatic heterocycles. The fourth-order valence-corrected chi connectivity index (χ4v) is 3.97. The van der Waals surface area contributed by atoms with Gasteiger partial charge in [0.1, 0.15) is 0 Å². The first-order valence-corrected chi connectivity index (χ1v) is 9.14. The summed E-state index contributed by atoms with van der Waals surface area (Å²) in [6.07, 6.45) is 1.46. The number of nitrogens with zero attached hydrogens (tertiary/aromatic N) is 3. The number of hydrogen-bond acceptors (Lipinski definition) is 5. The predicted octanol–water partition coefficient (Wildman–Crippen LogP) is 4.89. The molecule has 0 aliphatic rings. The summed E-state index contributed by atoms with van der Waals surface area (Å²) < 4.78 is 7.04. The van der Waals surface area contributed by atoms with Crippen molar-refractivity contribution in [3.05, 3.63) is 76.6 Å². The molecule has 4 aromatic rings. The molecule has 25 heavy (non-hydrogen) atoms. The SMILES string of the molecule is O=C(c1ccno1)N(Cc1ccccc1)c1nc2ccc(Br)cc2s1. The fourth-order valence-electron chi connectivity index (χ4n) is 2.45. The highest BCUT2D eigenvalue weighted by atomic mass is 79.9. The molecule has 0 N–H and O–H groups in total. The van der Waals surface area contributed by atoms with Crippen molar-refractivity contribution < 1.29 is 9.32 Å². The number of benzene rings is 2. The van der Waals surface area contributed by atoms with Gasteiger partial charge in [0.25, 0.3) is 5.91 Å². The largest absolute Gasteiger partial charge is 0.351 e. The Bertz CT molecular complexity index is 1020. The van der Waals surface area contributed by atoms with Gasteiger partial charge in [0.15, 0.2) is 5.13 Å². The van der Waals surface area contributed by atoms with Crippen molar-refractivity contribution in [3.63, 3.8) is 0 Å². The minimum Gasteiger partial charge on any atom is -0.351 e. The number of hydrogen-bond donors (Lipinski definition) is 0. The van der Waals surface area contributed by atoms with E-state index in [-0.39, 0.29) is 11.7 Å². The third kappa shape index (κ3) is 3.33. The summed E-state index contributed by atoms with van der Waals surface area (Å²) in [5.74, 6) is -0.0733. The van der Waals surface area contributed by atoms with Gasteiger partial charge in [0.05, 0.1) is 23.0 Å². The van der Waals surface area contributed by atoms with E-state index in [1.54, 1.807) is 11.0 Å². The van der Waals surface area contributed by atoms with Gasteiger partial charge < -0.3 is 4.52 Å². The Labute approximate surface area is 156 Å². The van der Waals surface area contributed by atoms with Crippen molar-refractivity contribution >= 4 is 48.5 Å². The molecule has 7 heteroatoms. The van der Waals surface area contributed by atoms with Crippen molar-refractivity contribution in [2.75, 3.05) is 4.90 Å². The molecule has 0 saturated carbocycles. The van der Waals surface area contributed by atoms with E-state index >= 15 is 0 Å². The van der Waals surface area contributed by atoms with Gasteiger partial charge in [0.2, 0.25) is 5.76 Å². The van der Waals surface area contributed by atoms with Gasteiger partial charge in [-0.2, -0.15) is 0 Å². The van der Waals surface area contributed by atoms with E-state index in [0.717, 1.165) is 20.3 Å². The van der Waals surface area contributed by atoms with Crippen molar-refractivity contribution in [1.82, 2.24) is 10.1 Å². The van der Waals surface area contributed by atoms with Crippen LogP contribution in [-0.2, 0) is 6.54 Å². The Morgan fingerprint density at radius 1 is 1.16 bits per heavy atom. The normalized spacial score (nSPS) is 10.9. The second-order valence-corrected chi connectivity index (χ2v) is 7.29.